The van der Waals surface area contributed by atoms with Crippen LogP contribution in [0.1, 0.15) is 29.7 Å². The van der Waals surface area contributed by atoms with Gasteiger partial charge in [0.1, 0.15) is 5.60 Å². The average Bonchev–Trinajstić information content (AvgIpc) is 2.76. The Kier molecular flexibility index (Phi) is 3.78. The highest BCUT2D eigenvalue weighted by Crippen LogP contribution is 2.27. The summed E-state index contributed by atoms with van der Waals surface area (Å²) in [5, 5.41) is 20.9. The van der Waals surface area contributed by atoms with Crippen LogP contribution in [0.4, 0.5) is 0 Å². The van der Waals surface area contributed by atoms with E-state index in [1.807, 2.05) is 0 Å². The van der Waals surface area contributed by atoms with Crippen LogP contribution in [0.3, 0.4) is 0 Å². The normalized spacial score (nSPS) is 23.8. The van der Waals surface area contributed by atoms with Crippen LogP contribution >= 0.6 is 0 Å². The predicted octanol–water partition coefficient (Wildman–Crippen LogP) is 2.10. The SMILES string of the molecule is Cc1[nH]c2c(CN3CCC[C@@](O)(CO)C3)cccc2c1C. The van der Waals surface area contributed by atoms with E-state index in [0.29, 0.717) is 13.0 Å². The second-order valence-corrected chi connectivity index (χ2v) is 6.41. The number of rotatable bonds is 3. The van der Waals surface area contributed by atoms with E-state index < -0.39 is 5.60 Å². The quantitative estimate of drug-likeness (QED) is 0.810. The monoisotopic (exact) mass is 288 g/mol. The number of nitrogens with one attached hydrogen (secondary N) is 1. The number of benzene rings is 1. The minimum absolute atomic E-state index is 0.158. The molecule has 1 aliphatic rings. The van der Waals surface area contributed by atoms with Gasteiger partial charge in [-0.3, -0.25) is 4.90 Å². The molecule has 4 heteroatoms. The Morgan fingerprint density at radius 1 is 1.33 bits per heavy atom. The maximum absolute atomic E-state index is 10.3. The topological polar surface area (TPSA) is 59.5 Å². The van der Waals surface area contributed by atoms with Gasteiger partial charge in [-0.25, -0.2) is 0 Å². The van der Waals surface area contributed by atoms with Crippen LogP contribution in [0.5, 0.6) is 0 Å². The molecule has 2 heterocycles. The molecule has 1 aliphatic heterocycles. The van der Waals surface area contributed by atoms with Crippen molar-refractivity contribution in [2.24, 2.45) is 0 Å². The molecule has 2 aromatic rings. The van der Waals surface area contributed by atoms with Crippen molar-refractivity contribution in [3.8, 4) is 0 Å². The summed E-state index contributed by atoms with van der Waals surface area (Å²) < 4.78 is 0. The predicted molar refractivity (Wildman–Crippen MR) is 84.3 cm³/mol. The summed E-state index contributed by atoms with van der Waals surface area (Å²) in [6, 6.07) is 6.39. The maximum Gasteiger partial charge on any atom is 0.100 e. The van der Waals surface area contributed by atoms with Crippen LogP contribution in [0, 0.1) is 13.8 Å². The first-order chi connectivity index (χ1) is 10.0. The van der Waals surface area contributed by atoms with Crippen LogP contribution in [-0.4, -0.2) is 45.4 Å². The van der Waals surface area contributed by atoms with Gasteiger partial charge in [-0.1, -0.05) is 18.2 Å². The minimum Gasteiger partial charge on any atom is -0.393 e. The van der Waals surface area contributed by atoms with Crippen LogP contribution in [0.25, 0.3) is 10.9 Å². The Morgan fingerprint density at radius 2 is 2.14 bits per heavy atom. The number of H-pyrrole nitrogens is 1. The van der Waals surface area contributed by atoms with Crippen molar-refractivity contribution in [3.05, 3.63) is 35.0 Å². The van der Waals surface area contributed by atoms with Crippen LogP contribution in [0.15, 0.2) is 18.2 Å². The van der Waals surface area contributed by atoms with Gasteiger partial charge in [0, 0.05) is 24.2 Å². The Balaban J connectivity index is 1.87. The second kappa shape index (κ2) is 5.44. The molecule has 3 N–H and O–H groups in total. The zero-order chi connectivity index (χ0) is 15.0. The molecule has 3 rings (SSSR count). The summed E-state index contributed by atoms with van der Waals surface area (Å²) in [5.41, 5.74) is 4.03. The van der Waals surface area contributed by atoms with Crippen LogP contribution < -0.4 is 0 Å². The average molecular weight is 288 g/mol. The summed E-state index contributed by atoms with van der Waals surface area (Å²) in [4.78, 5) is 5.72. The fourth-order valence-electron chi connectivity index (χ4n) is 3.39. The molecular formula is C17H24N2O2. The first kappa shape index (κ1) is 14.6. The fraction of sp³-hybridized carbons (Fsp3) is 0.529. The Labute approximate surface area is 125 Å². The van der Waals surface area contributed by atoms with Gasteiger partial charge in [0.15, 0.2) is 0 Å². The number of hydrogen-bond acceptors (Lipinski definition) is 3. The van der Waals surface area contributed by atoms with Gasteiger partial charge >= 0.3 is 0 Å². The highest BCUT2D eigenvalue weighted by atomic mass is 16.3. The third kappa shape index (κ3) is 2.71. The van der Waals surface area contributed by atoms with Gasteiger partial charge in [-0.15, -0.1) is 0 Å². The number of piperidine rings is 1. The lowest BCUT2D eigenvalue weighted by Crippen LogP contribution is -2.50. The molecule has 0 saturated carbocycles. The van der Waals surface area contributed by atoms with Gasteiger partial charge in [-0.05, 0) is 44.4 Å². The molecule has 0 amide bonds. The number of aromatic nitrogens is 1. The summed E-state index contributed by atoms with van der Waals surface area (Å²) in [7, 11) is 0. The van der Waals surface area contributed by atoms with Crippen molar-refractivity contribution in [1.82, 2.24) is 9.88 Å². The molecule has 0 aliphatic carbocycles. The van der Waals surface area contributed by atoms with E-state index in [4.69, 9.17) is 0 Å². The lowest BCUT2D eigenvalue weighted by Gasteiger charge is -2.38. The molecule has 1 aromatic carbocycles. The number of aryl methyl sites for hydroxylation is 2. The molecule has 114 valence electrons. The summed E-state index contributed by atoms with van der Waals surface area (Å²) >= 11 is 0. The van der Waals surface area contributed by atoms with Gasteiger partial charge in [0.25, 0.3) is 0 Å². The standard InChI is InChI=1S/C17H24N2O2/c1-12-13(2)18-16-14(5-3-6-15(12)16)9-19-8-4-7-17(21,10-19)11-20/h3,5-6,18,20-21H,4,7-11H2,1-2H3/t17-/m0/s1. The molecule has 0 bridgehead atoms. The summed E-state index contributed by atoms with van der Waals surface area (Å²) in [6.07, 6.45) is 1.61. The highest BCUT2D eigenvalue weighted by molar-refractivity contribution is 5.87. The third-order valence-corrected chi connectivity index (χ3v) is 4.75. The second-order valence-electron chi connectivity index (χ2n) is 6.41. The number of fused-ring (bicyclic) bond motifs is 1. The van der Waals surface area contributed by atoms with Gasteiger partial charge < -0.3 is 15.2 Å². The highest BCUT2D eigenvalue weighted by Gasteiger charge is 2.32. The number of aliphatic hydroxyl groups is 2. The Hall–Kier alpha value is -1.36. The zero-order valence-electron chi connectivity index (χ0n) is 12.8. The van der Waals surface area contributed by atoms with Gasteiger partial charge in [0.05, 0.1) is 12.1 Å². The van der Waals surface area contributed by atoms with Crippen molar-refractivity contribution in [2.45, 2.75) is 38.8 Å². The van der Waals surface area contributed by atoms with Crippen LogP contribution in [-0.2, 0) is 6.54 Å². The van der Waals surface area contributed by atoms with E-state index in [-0.39, 0.29) is 6.61 Å². The van der Waals surface area contributed by atoms with Crippen LogP contribution in [0.2, 0.25) is 0 Å². The maximum atomic E-state index is 10.3. The van der Waals surface area contributed by atoms with Gasteiger partial charge in [-0.2, -0.15) is 0 Å². The van der Waals surface area contributed by atoms with E-state index in [1.165, 1.54) is 27.7 Å². The largest absolute Gasteiger partial charge is 0.393 e. The summed E-state index contributed by atoms with van der Waals surface area (Å²) in [6.45, 7) is 6.40. The number of β-amino-alcohol motifs (C(OH)–C–C–N with tert-alkyl or cyclic N) is 1. The molecule has 1 saturated heterocycles. The van der Waals surface area contributed by atoms with Crippen molar-refractivity contribution in [2.75, 3.05) is 19.7 Å². The molecule has 4 nitrogen and oxygen atoms in total. The number of para-hydroxylation sites is 1. The van der Waals surface area contributed by atoms with E-state index in [0.717, 1.165) is 19.5 Å². The molecule has 0 unspecified atom stereocenters. The number of nitrogens with zero attached hydrogens (tertiary/aromatic N) is 1. The number of aliphatic hydroxyl groups excluding tert-OH is 1. The first-order valence-corrected chi connectivity index (χ1v) is 7.65. The van der Waals surface area contributed by atoms with Crippen molar-refractivity contribution < 1.29 is 10.2 Å². The number of likely N-dealkylation sites (tertiary alicyclic amines) is 1. The molecule has 1 fully saturated rings. The molecule has 21 heavy (non-hydrogen) atoms. The minimum atomic E-state index is -0.937. The van der Waals surface area contributed by atoms with E-state index >= 15 is 0 Å². The number of aromatic amines is 1. The number of hydrogen-bond donors (Lipinski definition) is 3. The smallest absolute Gasteiger partial charge is 0.100 e. The van der Waals surface area contributed by atoms with Crippen molar-refractivity contribution >= 4 is 10.9 Å². The third-order valence-electron chi connectivity index (χ3n) is 4.75. The molecule has 0 spiro atoms. The van der Waals surface area contributed by atoms with Gasteiger partial charge in [0.2, 0.25) is 0 Å². The van der Waals surface area contributed by atoms with Crippen molar-refractivity contribution in [3.63, 3.8) is 0 Å². The lowest BCUT2D eigenvalue weighted by molar-refractivity contribution is -0.0686. The molecular weight excluding hydrogens is 264 g/mol. The lowest BCUT2D eigenvalue weighted by atomic mass is 9.93. The van der Waals surface area contributed by atoms with E-state index in [2.05, 4.69) is 41.9 Å². The molecule has 1 aromatic heterocycles. The van der Waals surface area contributed by atoms with Crippen molar-refractivity contribution in [1.29, 1.82) is 0 Å². The Bertz CT molecular complexity index is 650. The zero-order valence-corrected chi connectivity index (χ0v) is 12.8. The summed E-state index contributed by atoms with van der Waals surface area (Å²) in [5.74, 6) is 0. The fourth-order valence-corrected chi connectivity index (χ4v) is 3.39. The first-order valence-electron chi connectivity index (χ1n) is 7.65. The Morgan fingerprint density at radius 3 is 2.90 bits per heavy atom. The molecule has 1 atom stereocenters. The molecule has 0 radical (unpaired) electrons. The van der Waals surface area contributed by atoms with E-state index in [9.17, 15) is 10.2 Å². The van der Waals surface area contributed by atoms with E-state index in [1.54, 1.807) is 0 Å².